The van der Waals surface area contributed by atoms with Crippen LogP contribution >= 0.6 is 0 Å². The van der Waals surface area contributed by atoms with Gasteiger partial charge in [-0.1, -0.05) is 134 Å². The summed E-state index contributed by atoms with van der Waals surface area (Å²) in [6.07, 6.45) is 14.8. The summed E-state index contributed by atoms with van der Waals surface area (Å²) >= 11 is 0. The minimum absolute atomic E-state index is 0.130. The molecule has 0 aliphatic heterocycles. The zero-order chi connectivity index (χ0) is 35.6. The van der Waals surface area contributed by atoms with Gasteiger partial charge >= 0.3 is 16.4 Å². The van der Waals surface area contributed by atoms with Gasteiger partial charge in [-0.3, -0.25) is 9.78 Å². The van der Waals surface area contributed by atoms with Gasteiger partial charge in [0.25, 0.3) is 5.91 Å². The van der Waals surface area contributed by atoms with Gasteiger partial charge in [-0.15, -0.1) is 0 Å². The van der Waals surface area contributed by atoms with E-state index in [9.17, 15) is 18.0 Å². The molecule has 0 saturated carbocycles. The number of aromatic nitrogens is 1. The van der Waals surface area contributed by atoms with Crippen molar-refractivity contribution >= 4 is 22.3 Å². The quantitative estimate of drug-likeness (QED) is 0.0795. The van der Waals surface area contributed by atoms with Crippen molar-refractivity contribution in [1.29, 1.82) is 0 Å². The Morgan fingerprint density at radius 2 is 1.39 bits per heavy atom. The Bertz CT molecular complexity index is 1250. The van der Waals surface area contributed by atoms with Crippen LogP contribution in [-0.2, 0) is 41.8 Å². The van der Waals surface area contributed by atoms with Gasteiger partial charge in [-0.05, 0) is 30.5 Å². The Morgan fingerprint density at radius 1 is 0.755 bits per heavy atom. The predicted octanol–water partition coefficient (Wildman–Crippen LogP) is 7.12. The van der Waals surface area contributed by atoms with Gasteiger partial charge in [0.2, 0.25) is 0 Å². The average molecular weight is 705 g/mol. The van der Waals surface area contributed by atoms with Gasteiger partial charge < -0.3 is 20.1 Å². The first kappa shape index (κ1) is 42.1. The summed E-state index contributed by atoms with van der Waals surface area (Å²) in [6.45, 7) is 4.09. The number of nitrogens with one attached hydrogen (secondary N) is 3. The van der Waals surface area contributed by atoms with E-state index < -0.39 is 41.1 Å². The zero-order valence-corrected chi connectivity index (χ0v) is 30.7. The van der Waals surface area contributed by atoms with E-state index in [1.807, 2.05) is 37.3 Å². The van der Waals surface area contributed by atoms with Crippen molar-refractivity contribution in [3.05, 3.63) is 66.0 Å². The lowest BCUT2D eigenvalue weighted by Gasteiger charge is -2.26. The van der Waals surface area contributed by atoms with Crippen molar-refractivity contribution in [2.75, 3.05) is 13.7 Å². The lowest BCUT2D eigenvalue weighted by molar-refractivity contribution is -0.136. The molecule has 0 fully saturated rings. The second-order valence-electron chi connectivity index (χ2n) is 12.5. The molecule has 2 amide bonds. The van der Waals surface area contributed by atoms with E-state index in [4.69, 9.17) is 13.7 Å². The minimum Gasteiger partial charge on any atom is -0.447 e. The van der Waals surface area contributed by atoms with Gasteiger partial charge in [0.1, 0.15) is 12.7 Å². The number of ether oxygens (including phenoxy) is 2. The highest BCUT2D eigenvalue weighted by atomic mass is 32.2. The summed E-state index contributed by atoms with van der Waals surface area (Å²) in [7, 11) is -3.09. The molecule has 0 spiro atoms. The fourth-order valence-electron chi connectivity index (χ4n) is 5.52. The molecule has 3 N–H and O–H groups in total. The SMILES string of the molecule is CCCCCCCCCCCCCCC(CCC)NS(=O)(=O)OC(C(=O)NCc1ccccc1)C(COC(=O)NCc1ccccn1)OC. The molecule has 276 valence electrons. The topological polar surface area (TPSA) is 145 Å². The maximum Gasteiger partial charge on any atom is 0.407 e. The summed E-state index contributed by atoms with van der Waals surface area (Å²) in [5, 5.41) is 5.31. The van der Waals surface area contributed by atoms with Crippen LogP contribution < -0.4 is 15.4 Å². The van der Waals surface area contributed by atoms with E-state index in [1.165, 1.54) is 64.9 Å². The monoisotopic (exact) mass is 704 g/mol. The fourth-order valence-corrected chi connectivity index (χ4v) is 6.71. The van der Waals surface area contributed by atoms with Gasteiger partial charge in [0.15, 0.2) is 6.10 Å². The Labute approximate surface area is 294 Å². The number of methoxy groups -OCH3 is 1. The van der Waals surface area contributed by atoms with Crippen LogP contribution in [0.2, 0.25) is 0 Å². The number of pyridine rings is 1. The van der Waals surface area contributed by atoms with Crippen LogP contribution in [0.4, 0.5) is 4.79 Å². The van der Waals surface area contributed by atoms with Crippen molar-refractivity contribution < 1.29 is 31.7 Å². The number of amides is 2. The first-order valence-corrected chi connectivity index (χ1v) is 19.5. The summed E-state index contributed by atoms with van der Waals surface area (Å²) in [5.41, 5.74) is 1.45. The molecular formula is C37H60N4O7S. The largest absolute Gasteiger partial charge is 0.447 e. The number of hydrogen-bond donors (Lipinski definition) is 3. The van der Waals surface area contributed by atoms with Crippen molar-refractivity contribution in [2.45, 2.75) is 141 Å². The molecule has 1 aromatic heterocycles. The third-order valence-corrected chi connectivity index (χ3v) is 9.39. The molecule has 0 radical (unpaired) electrons. The third-order valence-electron chi connectivity index (χ3n) is 8.31. The number of carbonyl (C=O) groups is 2. The van der Waals surface area contributed by atoms with Gasteiger partial charge in [0, 0.05) is 25.9 Å². The number of alkyl carbamates (subject to hydrolysis) is 1. The van der Waals surface area contributed by atoms with E-state index in [1.54, 1.807) is 24.4 Å². The first-order chi connectivity index (χ1) is 23.8. The smallest absolute Gasteiger partial charge is 0.407 e. The third kappa shape index (κ3) is 19.6. The van der Waals surface area contributed by atoms with Crippen molar-refractivity contribution in [3.8, 4) is 0 Å². The Kier molecular flexibility index (Phi) is 22.2. The standard InChI is InChI=1S/C37H60N4O7S/c1-4-6-7-8-9-10-11-12-13-14-15-19-25-32(22-5-2)41-49(44,45)48-35(36(42)39-28-31-23-17-16-18-24-31)34(46-3)30-47-37(43)40-29-33-26-20-21-27-38-33/h16-18,20-21,23-24,26-27,32,34-35,41H,4-15,19,22,25,28-30H2,1-3H3,(H,39,42)(H,40,43). The molecule has 1 heterocycles. The van der Waals surface area contributed by atoms with Crippen LogP contribution in [0.3, 0.4) is 0 Å². The highest BCUT2D eigenvalue weighted by Gasteiger charge is 2.36. The van der Waals surface area contributed by atoms with Crippen molar-refractivity contribution in [3.63, 3.8) is 0 Å². The summed E-state index contributed by atoms with van der Waals surface area (Å²) in [6, 6.07) is 14.2. The normalized spacial score (nSPS) is 13.4. The fraction of sp³-hybridized carbons (Fsp3) is 0.649. The predicted molar refractivity (Wildman–Crippen MR) is 193 cm³/mol. The van der Waals surface area contributed by atoms with E-state index in [2.05, 4.69) is 27.3 Å². The molecular weight excluding hydrogens is 644 g/mol. The van der Waals surface area contributed by atoms with E-state index >= 15 is 0 Å². The van der Waals surface area contributed by atoms with Crippen molar-refractivity contribution in [2.24, 2.45) is 0 Å². The Hall–Kier alpha value is -3.06. The molecule has 0 aliphatic rings. The highest BCUT2D eigenvalue weighted by Crippen LogP contribution is 2.16. The number of unbranched alkanes of at least 4 members (excludes halogenated alkanes) is 11. The van der Waals surface area contributed by atoms with Gasteiger partial charge in [0.05, 0.1) is 12.2 Å². The summed E-state index contributed by atoms with van der Waals surface area (Å²) in [4.78, 5) is 29.9. The lowest BCUT2D eigenvalue weighted by Crippen LogP contribution is -2.50. The van der Waals surface area contributed by atoms with Crippen LogP contribution in [0.25, 0.3) is 0 Å². The molecule has 0 aliphatic carbocycles. The highest BCUT2D eigenvalue weighted by molar-refractivity contribution is 7.84. The van der Waals surface area contributed by atoms with Crippen LogP contribution in [0, 0.1) is 0 Å². The van der Waals surface area contributed by atoms with Crippen LogP contribution in [0.15, 0.2) is 54.7 Å². The van der Waals surface area contributed by atoms with Crippen LogP contribution in [0.1, 0.15) is 121 Å². The van der Waals surface area contributed by atoms with Gasteiger partial charge in [-0.2, -0.15) is 13.1 Å². The van der Waals surface area contributed by atoms with Crippen LogP contribution in [0.5, 0.6) is 0 Å². The minimum atomic E-state index is -4.39. The van der Waals surface area contributed by atoms with E-state index in [0.717, 1.165) is 31.2 Å². The lowest BCUT2D eigenvalue weighted by atomic mass is 10.0. The second-order valence-corrected chi connectivity index (χ2v) is 13.8. The Morgan fingerprint density at radius 3 is 1.98 bits per heavy atom. The average Bonchev–Trinajstić information content (AvgIpc) is 3.10. The number of carbonyl (C=O) groups excluding carboxylic acids is 2. The summed E-state index contributed by atoms with van der Waals surface area (Å²) < 4.78 is 45.6. The maximum atomic E-state index is 13.4. The number of nitrogens with zero attached hydrogens (tertiary/aromatic N) is 1. The Balaban J connectivity index is 1.93. The molecule has 12 heteroatoms. The van der Waals surface area contributed by atoms with Crippen LogP contribution in [-0.4, -0.2) is 57.4 Å². The zero-order valence-electron chi connectivity index (χ0n) is 29.9. The van der Waals surface area contributed by atoms with E-state index in [0.29, 0.717) is 18.5 Å². The molecule has 2 aromatic rings. The van der Waals surface area contributed by atoms with Crippen molar-refractivity contribution in [1.82, 2.24) is 20.3 Å². The summed E-state index contributed by atoms with van der Waals surface area (Å²) in [5.74, 6) is -0.716. The molecule has 0 bridgehead atoms. The first-order valence-electron chi connectivity index (χ1n) is 18.1. The number of benzene rings is 1. The molecule has 0 saturated heterocycles. The molecule has 1 aromatic carbocycles. The molecule has 3 unspecified atom stereocenters. The molecule has 2 rings (SSSR count). The molecule has 49 heavy (non-hydrogen) atoms. The number of hydrogen-bond acceptors (Lipinski definition) is 8. The second kappa shape index (κ2) is 25.8. The molecule has 11 nitrogen and oxygen atoms in total. The molecule has 3 atom stereocenters. The van der Waals surface area contributed by atoms with Gasteiger partial charge in [-0.25, -0.2) is 8.98 Å². The maximum absolute atomic E-state index is 13.4. The number of rotatable bonds is 28. The van der Waals surface area contributed by atoms with E-state index in [-0.39, 0.29) is 19.1 Å².